The summed E-state index contributed by atoms with van der Waals surface area (Å²) in [6, 6.07) is 2.70. The van der Waals surface area contributed by atoms with Gasteiger partial charge in [-0.15, -0.1) is 0 Å². The topological polar surface area (TPSA) is 68.6 Å². The largest absolute Gasteiger partial charge is 0.488 e. The minimum atomic E-state index is -5.08. The van der Waals surface area contributed by atoms with Crippen molar-refractivity contribution in [3.05, 3.63) is 40.9 Å². The number of halogens is 8. The standard InChI is InChI=1S/C17H9ClF7N5O/c18-9-4-8(3-7-6-26-29-12(7)9)30-14-13(28-15(30)17(23,24)25)10(31-2-1-19)5-11(27-14)16(20,21)22/h3-6H,1-2H2,(H,26,29). The highest BCUT2D eigenvalue weighted by Crippen LogP contribution is 2.40. The smallest absolute Gasteiger partial charge is 0.450 e. The molecule has 0 saturated carbocycles. The average Bonchev–Trinajstić information content (AvgIpc) is 3.29. The molecule has 0 aliphatic heterocycles. The van der Waals surface area contributed by atoms with E-state index >= 15 is 0 Å². The SMILES string of the molecule is FCCOc1cc(C(F)(F)F)nc2c1nc(C(F)(F)F)n2-c1cc(Cl)c2[nH]ncc2c1. The van der Waals surface area contributed by atoms with Gasteiger partial charge in [-0.25, -0.2) is 14.4 Å². The van der Waals surface area contributed by atoms with Gasteiger partial charge in [-0.1, -0.05) is 11.6 Å². The zero-order valence-corrected chi connectivity index (χ0v) is 15.7. The maximum absolute atomic E-state index is 13.8. The average molecular weight is 468 g/mol. The molecule has 0 atom stereocenters. The molecule has 0 fully saturated rings. The van der Waals surface area contributed by atoms with Gasteiger partial charge < -0.3 is 4.74 Å². The van der Waals surface area contributed by atoms with Crippen LogP contribution in [-0.4, -0.2) is 38.0 Å². The fraction of sp³-hybridized carbons (Fsp3) is 0.235. The molecule has 1 aromatic carbocycles. The minimum Gasteiger partial charge on any atom is -0.488 e. The summed E-state index contributed by atoms with van der Waals surface area (Å²) in [5.74, 6) is -2.24. The molecule has 0 unspecified atom stereocenters. The number of aromatic amines is 1. The number of fused-ring (bicyclic) bond motifs is 2. The van der Waals surface area contributed by atoms with Crippen molar-refractivity contribution >= 4 is 33.7 Å². The molecule has 164 valence electrons. The van der Waals surface area contributed by atoms with Crippen molar-refractivity contribution in [2.24, 2.45) is 0 Å². The normalized spacial score (nSPS) is 12.8. The van der Waals surface area contributed by atoms with Crippen LogP contribution >= 0.6 is 11.6 Å². The molecule has 3 aromatic heterocycles. The maximum atomic E-state index is 13.8. The number of rotatable bonds is 4. The van der Waals surface area contributed by atoms with Gasteiger partial charge in [0.25, 0.3) is 0 Å². The second-order valence-electron chi connectivity index (χ2n) is 6.24. The van der Waals surface area contributed by atoms with Crippen LogP contribution in [-0.2, 0) is 12.4 Å². The van der Waals surface area contributed by atoms with E-state index in [0.717, 1.165) is 6.07 Å². The lowest BCUT2D eigenvalue weighted by molar-refractivity contribution is -0.145. The Kier molecular flexibility index (Phi) is 4.95. The Morgan fingerprint density at radius 1 is 1.03 bits per heavy atom. The number of hydrogen-bond acceptors (Lipinski definition) is 4. The van der Waals surface area contributed by atoms with Gasteiger partial charge in [0.1, 0.15) is 13.3 Å². The van der Waals surface area contributed by atoms with Gasteiger partial charge in [0, 0.05) is 11.5 Å². The Labute approximate surface area is 172 Å². The third-order valence-electron chi connectivity index (χ3n) is 4.20. The third-order valence-corrected chi connectivity index (χ3v) is 4.50. The first-order valence-electron chi connectivity index (χ1n) is 8.40. The Morgan fingerprint density at radius 2 is 1.77 bits per heavy atom. The summed E-state index contributed by atoms with van der Waals surface area (Å²) in [4.78, 5) is 6.79. The Hall–Kier alpha value is -3.09. The first kappa shape index (κ1) is 21.2. The number of benzene rings is 1. The second kappa shape index (κ2) is 7.25. The summed E-state index contributed by atoms with van der Waals surface area (Å²) in [5, 5.41) is 6.57. The molecular formula is C17H9ClF7N5O. The number of imidazole rings is 1. The van der Waals surface area contributed by atoms with Crippen LogP contribution in [0.1, 0.15) is 11.5 Å². The van der Waals surface area contributed by atoms with Gasteiger partial charge in [0.2, 0.25) is 5.82 Å². The zero-order chi connectivity index (χ0) is 22.6. The van der Waals surface area contributed by atoms with Gasteiger partial charge in [0.05, 0.1) is 22.4 Å². The van der Waals surface area contributed by atoms with E-state index < -0.39 is 54.1 Å². The first-order chi connectivity index (χ1) is 14.5. The minimum absolute atomic E-state index is 0.0270. The van der Waals surface area contributed by atoms with E-state index in [1.807, 2.05) is 0 Å². The van der Waals surface area contributed by atoms with Crippen LogP contribution in [0.3, 0.4) is 0 Å². The monoisotopic (exact) mass is 467 g/mol. The molecule has 14 heteroatoms. The fourth-order valence-electron chi connectivity index (χ4n) is 2.99. The van der Waals surface area contributed by atoms with Crippen LogP contribution in [0, 0.1) is 0 Å². The molecule has 0 aliphatic carbocycles. The predicted octanol–water partition coefficient (Wildman–Crippen LogP) is 5.34. The molecule has 4 aromatic rings. The summed E-state index contributed by atoms with van der Waals surface area (Å²) in [6.07, 6.45) is -8.81. The molecule has 0 saturated heterocycles. The van der Waals surface area contributed by atoms with Gasteiger partial charge in [0.15, 0.2) is 22.6 Å². The predicted molar refractivity (Wildman–Crippen MR) is 95.0 cm³/mol. The van der Waals surface area contributed by atoms with Crippen LogP contribution in [0.4, 0.5) is 30.7 Å². The summed E-state index contributed by atoms with van der Waals surface area (Å²) in [7, 11) is 0. The van der Waals surface area contributed by atoms with Crippen LogP contribution in [0.25, 0.3) is 27.8 Å². The lowest BCUT2D eigenvalue weighted by atomic mass is 10.2. The van der Waals surface area contributed by atoms with E-state index in [4.69, 9.17) is 16.3 Å². The molecule has 3 heterocycles. The summed E-state index contributed by atoms with van der Waals surface area (Å²) < 4.78 is 99.1. The lowest BCUT2D eigenvalue weighted by Crippen LogP contribution is -2.15. The molecule has 0 aliphatic rings. The number of hydrogen-bond donors (Lipinski definition) is 1. The maximum Gasteiger partial charge on any atom is 0.450 e. The number of aromatic nitrogens is 5. The summed E-state index contributed by atoms with van der Waals surface area (Å²) in [5.41, 5.74) is -2.86. The number of H-pyrrole nitrogens is 1. The highest BCUT2D eigenvalue weighted by atomic mass is 35.5. The summed E-state index contributed by atoms with van der Waals surface area (Å²) in [6.45, 7) is -1.76. The van der Waals surface area contributed by atoms with Crippen LogP contribution in [0.15, 0.2) is 24.4 Å². The van der Waals surface area contributed by atoms with Crippen molar-refractivity contribution in [2.75, 3.05) is 13.3 Å². The molecule has 31 heavy (non-hydrogen) atoms. The van der Waals surface area contributed by atoms with E-state index in [0.29, 0.717) is 21.5 Å². The number of nitrogens with zero attached hydrogens (tertiary/aromatic N) is 4. The van der Waals surface area contributed by atoms with Crippen molar-refractivity contribution in [1.29, 1.82) is 0 Å². The van der Waals surface area contributed by atoms with Gasteiger partial charge >= 0.3 is 12.4 Å². The number of alkyl halides is 7. The van der Waals surface area contributed by atoms with E-state index in [9.17, 15) is 30.7 Å². The first-order valence-corrected chi connectivity index (χ1v) is 8.78. The molecule has 0 bridgehead atoms. The number of nitrogens with one attached hydrogen (secondary N) is 1. The van der Waals surface area contributed by atoms with Crippen molar-refractivity contribution in [2.45, 2.75) is 12.4 Å². The van der Waals surface area contributed by atoms with Crippen molar-refractivity contribution in [3.8, 4) is 11.4 Å². The van der Waals surface area contributed by atoms with Crippen molar-refractivity contribution < 1.29 is 35.5 Å². The number of pyridine rings is 1. The molecule has 4 rings (SSSR count). The van der Waals surface area contributed by atoms with Crippen molar-refractivity contribution in [1.82, 2.24) is 24.7 Å². The quantitative estimate of drug-likeness (QED) is 0.412. The highest BCUT2D eigenvalue weighted by Gasteiger charge is 2.41. The molecule has 0 amide bonds. The second-order valence-corrected chi connectivity index (χ2v) is 6.65. The Balaban J connectivity index is 2.10. The summed E-state index contributed by atoms with van der Waals surface area (Å²) >= 11 is 6.09. The molecule has 0 radical (unpaired) electrons. The zero-order valence-electron chi connectivity index (χ0n) is 14.9. The highest BCUT2D eigenvalue weighted by molar-refractivity contribution is 6.35. The van der Waals surface area contributed by atoms with Gasteiger partial charge in [-0.2, -0.15) is 31.4 Å². The van der Waals surface area contributed by atoms with Crippen LogP contribution in [0.5, 0.6) is 5.75 Å². The Bertz CT molecular complexity index is 1280. The van der Waals surface area contributed by atoms with E-state index in [2.05, 4.69) is 20.2 Å². The van der Waals surface area contributed by atoms with Gasteiger partial charge in [-0.3, -0.25) is 9.67 Å². The fourth-order valence-corrected chi connectivity index (χ4v) is 3.25. The lowest BCUT2D eigenvalue weighted by Gasteiger charge is -2.13. The molecular weight excluding hydrogens is 459 g/mol. The van der Waals surface area contributed by atoms with E-state index in [1.165, 1.54) is 12.3 Å². The van der Waals surface area contributed by atoms with Crippen LogP contribution < -0.4 is 4.74 Å². The molecule has 0 spiro atoms. The van der Waals surface area contributed by atoms with Crippen molar-refractivity contribution in [3.63, 3.8) is 0 Å². The number of ether oxygens (including phenoxy) is 1. The van der Waals surface area contributed by atoms with Gasteiger partial charge in [-0.05, 0) is 12.1 Å². The van der Waals surface area contributed by atoms with E-state index in [-0.39, 0.29) is 10.7 Å². The van der Waals surface area contributed by atoms with E-state index in [1.54, 1.807) is 0 Å². The third kappa shape index (κ3) is 3.73. The molecule has 1 N–H and O–H groups in total. The Morgan fingerprint density at radius 3 is 2.42 bits per heavy atom. The van der Waals surface area contributed by atoms with Crippen LogP contribution in [0.2, 0.25) is 5.02 Å². The molecule has 6 nitrogen and oxygen atoms in total.